The number of aliphatic hydroxyl groups excluding tert-OH is 1. The van der Waals surface area contributed by atoms with Gasteiger partial charge in [0.2, 0.25) is 11.8 Å². The predicted molar refractivity (Wildman–Crippen MR) is 111 cm³/mol. The smallest absolute Gasteiger partial charge is 0.331 e. The normalized spacial score (nSPS) is 17.3. The van der Waals surface area contributed by atoms with Crippen molar-refractivity contribution in [3.63, 3.8) is 0 Å². The van der Waals surface area contributed by atoms with Gasteiger partial charge in [-0.2, -0.15) is 0 Å². The van der Waals surface area contributed by atoms with E-state index < -0.39 is 30.1 Å². The molecule has 1 aliphatic heterocycles. The van der Waals surface area contributed by atoms with Crippen LogP contribution in [0.5, 0.6) is 0 Å². The number of nitrogens with one attached hydrogen (secondary N) is 2. The second-order valence-electron chi connectivity index (χ2n) is 7.31. The van der Waals surface area contributed by atoms with Crippen molar-refractivity contribution in [3.05, 3.63) is 35.4 Å². The molecule has 0 radical (unpaired) electrons. The van der Waals surface area contributed by atoms with Crippen molar-refractivity contribution in [2.45, 2.75) is 31.7 Å². The number of rotatable bonds is 10. The van der Waals surface area contributed by atoms with Crippen LogP contribution in [0.15, 0.2) is 24.3 Å². The molecule has 1 fully saturated rings. The standard InChI is InChI=1S/C21H31N3O7/c1-14(22-17(25)12-24-8-10-31-11-9-24)20(27)23-18(21(28)30-3)19(26)16-6-4-15(5-7-16)13-29-2/h4-7,14,18-19,26H,8-13H2,1-3H3,(H,22,25)(H,23,27)/t14-,18-,19+/m0/s1. The number of hydrogen-bond acceptors (Lipinski definition) is 8. The average Bonchev–Trinajstić information content (AvgIpc) is 2.77. The summed E-state index contributed by atoms with van der Waals surface area (Å²) in [5, 5.41) is 15.8. The van der Waals surface area contributed by atoms with Gasteiger partial charge < -0.3 is 30.0 Å². The van der Waals surface area contributed by atoms with Gasteiger partial charge >= 0.3 is 5.97 Å². The lowest BCUT2D eigenvalue weighted by Crippen LogP contribution is -2.54. The topological polar surface area (TPSA) is 126 Å². The van der Waals surface area contributed by atoms with Crippen LogP contribution in [0.1, 0.15) is 24.2 Å². The Morgan fingerprint density at radius 1 is 1.13 bits per heavy atom. The minimum absolute atomic E-state index is 0.151. The van der Waals surface area contributed by atoms with Gasteiger partial charge in [-0.3, -0.25) is 14.5 Å². The Hall–Kier alpha value is -2.53. The molecule has 10 nitrogen and oxygen atoms in total. The summed E-state index contributed by atoms with van der Waals surface area (Å²) < 4.78 is 15.0. The molecule has 31 heavy (non-hydrogen) atoms. The first-order valence-electron chi connectivity index (χ1n) is 10.1. The maximum Gasteiger partial charge on any atom is 0.331 e. The Kier molecular flexibility index (Phi) is 9.86. The highest BCUT2D eigenvalue weighted by Crippen LogP contribution is 2.19. The number of amides is 2. The third-order valence-electron chi connectivity index (χ3n) is 4.94. The van der Waals surface area contributed by atoms with E-state index in [-0.39, 0.29) is 12.5 Å². The molecule has 3 N–H and O–H groups in total. The second kappa shape index (κ2) is 12.4. The summed E-state index contributed by atoms with van der Waals surface area (Å²) in [6.45, 7) is 4.49. The van der Waals surface area contributed by atoms with Crippen LogP contribution in [-0.4, -0.2) is 86.9 Å². The molecule has 2 amide bonds. The van der Waals surface area contributed by atoms with Crippen molar-refractivity contribution in [2.24, 2.45) is 0 Å². The molecule has 0 spiro atoms. The number of carbonyl (C=O) groups excluding carboxylic acids is 3. The van der Waals surface area contributed by atoms with Gasteiger partial charge in [0.1, 0.15) is 12.1 Å². The number of benzene rings is 1. The van der Waals surface area contributed by atoms with Crippen LogP contribution in [0, 0.1) is 0 Å². The number of morpholine rings is 1. The zero-order chi connectivity index (χ0) is 22.8. The fraction of sp³-hybridized carbons (Fsp3) is 0.571. The molecule has 3 atom stereocenters. The van der Waals surface area contributed by atoms with Crippen LogP contribution < -0.4 is 10.6 Å². The third kappa shape index (κ3) is 7.59. The van der Waals surface area contributed by atoms with Crippen molar-refractivity contribution < 1.29 is 33.7 Å². The first-order valence-corrected chi connectivity index (χ1v) is 10.1. The first kappa shape index (κ1) is 24.7. The molecule has 0 aromatic heterocycles. The zero-order valence-corrected chi connectivity index (χ0v) is 18.1. The summed E-state index contributed by atoms with van der Waals surface area (Å²) >= 11 is 0. The number of aliphatic hydroxyl groups is 1. The van der Waals surface area contributed by atoms with Crippen molar-refractivity contribution >= 4 is 17.8 Å². The van der Waals surface area contributed by atoms with E-state index in [1.54, 1.807) is 31.4 Å². The van der Waals surface area contributed by atoms with Crippen LogP contribution >= 0.6 is 0 Å². The van der Waals surface area contributed by atoms with Crippen LogP contribution in [0.4, 0.5) is 0 Å². The maximum absolute atomic E-state index is 12.6. The number of nitrogens with zero attached hydrogens (tertiary/aromatic N) is 1. The van der Waals surface area contributed by atoms with E-state index >= 15 is 0 Å². The maximum atomic E-state index is 12.6. The molecule has 1 aromatic rings. The van der Waals surface area contributed by atoms with Crippen LogP contribution in [0.2, 0.25) is 0 Å². The van der Waals surface area contributed by atoms with Crippen LogP contribution in [0.3, 0.4) is 0 Å². The van der Waals surface area contributed by atoms with Crippen LogP contribution in [-0.2, 0) is 35.2 Å². The highest BCUT2D eigenvalue weighted by atomic mass is 16.5. The molecule has 1 saturated heterocycles. The van der Waals surface area contributed by atoms with Crippen LogP contribution in [0.25, 0.3) is 0 Å². The summed E-state index contributed by atoms with van der Waals surface area (Å²) in [6.07, 6.45) is -1.33. The minimum atomic E-state index is -1.33. The van der Waals surface area contributed by atoms with Gasteiger partial charge in [-0.1, -0.05) is 24.3 Å². The van der Waals surface area contributed by atoms with Crippen molar-refractivity contribution in [1.29, 1.82) is 0 Å². The molecule has 2 rings (SSSR count). The summed E-state index contributed by atoms with van der Waals surface area (Å²) in [6, 6.07) is 4.57. The summed E-state index contributed by atoms with van der Waals surface area (Å²) in [5.74, 6) is -1.72. The van der Waals surface area contributed by atoms with E-state index in [1.165, 1.54) is 14.0 Å². The molecule has 1 aliphatic rings. The first-order chi connectivity index (χ1) is 14.8. The number of carbonyl (C=O) groups is 3. The number of esters is 1. The second-order valence-corrected chi connectivity index (χ2v) is 7.31. The molecule has 1 heterocycles. The fourth-order valence-corrected chi connectivity index (χ4v) is 3.16. The average molecular weight is 437 g/mol. The molecular formula is C21H31N3O7. The van der Waals surface area contributed by atoms with Crippen molar-refractivity contribution in [1.82, 2.24) is 15.5 Å². The van der Waals surface area contributed by atoms with E-state index in [9.17, 15) is 19.5 Å². The Labute approximate surface area is 181 Å². The Balaban J connectivity index is 1.97. The van der Waals surface area contributed by atoms with Gasteiger partial charge in [0, 0.05) is 20.2 Å². The molecule has 0 saturated carbocycles. The Morgan fingerprint density at radius 3 is 2.35 bits per heavy atom. The minimum Gasteiger partial charge on any atom is -0.467 e. The highest BCUT2D eigenvalue weighted by molar-refractivity contribution is 5.91. The molecule has 172 valence electrons. The Bertz CT molecular complexity index is 735. The number of ether oxygens (including phenoxy) is 3. The molecule has 0 unspecified atom stereocenters. The molecular weight excluding hydrogens is 406 g/mol. The molecule has 0 bridgehead atoms. The fourth-order valence-electron chi connectivity index (χ4n) is 3.16. The monoisotopic (exact) mass is 437 g/mol. The van der Waals surface area contributed by atoms with Gasteiger partial charge in [-0.25, -0.2) is 4.79 Å². The zero-order valence-electron chi connectivity index (χ0n) is 18.1. The molecule has 1 aromatic carbocycles. The largest absolute Gasteiger partial charge is 0.467 e. The summed E-state index contributed by atoms with van der Waals surface area (Å²) in [5.41, 5.74) is 1.33. The van der Waals surface area contributed by atoms with E-state index in [2.05, 4.69) is 10.6 Å². The predicted octanol–water partition coefficient (Wildman–Crippen LogP) is -0.639. The van der Waals surface area contributed by atoms with E-state index in [1.807, 2.05) is 4.90 Å². The molecule has 10 heteroatoms. The van der Waals surface area contributed by atoms with E-state index in [0.717, 1.165) is 5.56 Å². The van der Waals surface area contributed by atoms with Gasteiger partial charge in [-0.05, 0) is 18.1 Å². The molecule has 0 aliphatic carbocycles. The van der Waals surface area contributed by atoms with Gasteiger partial charge in [0.25, 0.3) is 0 Å². The third-order valence-corrected chi connectivity index (χ3v) is 4.94. The number of methoxy groups -OCH3 is 2. The lowest BCUT2D eigenvalue weighted by atomic mass is 10.0. The van der Waals surface area contributed by atoms with Crippen molar-refractivity contribution in [3.8, 4) is 0 Å². The van der Waals surface area contributed by atoms with Crippen molar-refractivity contribution in [2.75, 3.05) is 47.1 Å². The quantitative estimate of drug-likeness (QED) is 0.413. The summed E-state index contributed by atoms with van der Waals surface area (Å²) in [7, 11) is 2.75. The van der Waals surface area contributed by atoms with Gasteiger partial charge in [-0.15, -0.1) is 0 Å². The lowest BCUT2D eigenvalue weighted by Gasteiger charge is -2.27. The van der Waals surface area contributed by atoms with E-state index in [4.69, 9.17) is 14.2 Å². The van der Waals surface area contributed by atoms with Gasteiger partial charge in [0.05, 0.1) is 33.5 Å². The highest BCUT2D eigenvalue weighted by Gasteiger charge is 2.32. The summed E-state index contributed by atoms with van der Waals surface area (Å²) in [4.78, 5) is 38.9. The Morgan fingerprint density at radius 2 is 1.77 bits per heavy atom. The van der Waals surface area contributed by atoms with E-state index in [0.29, 0.717) is 38.5 Å². The van der Waals surface area contributed by atoms with Gasteiger partial charge in [0.15, 0.2) is 6.04 Å². The number of hydrogen-bond donors (Lipinski definition) is 3. The lowest BCUT2D eigenvalue weighted by molar-refractivity contribution is -0.148. The SMILES string of the molecule is COCc1ccc([C@@H](O)[C@H](NC(=O)[C@H](C)NC(=O)CN2CCOCC2)C(=O)OC)cc1.